The van der Waals surface area contributed by atoms with Crippen LogP contribution in [0.2, 0.25) is 0 Å². The van der Waals surface area contributed by atoms with Gasteiger partial charge in [0.05, 0.1) is 12.5 Å². The zero-order valence-corrected chi connectivity index (χ0v) is 13.4. The van der Waals surface area contributed by atoms with E-state index >= 15 is 0 Å². The first-order chi connectivity index (χ1) is 9.69. The maximum atomic E-state index is 5.69. The van der Waals surface area contributed by atoms with E-state index in [1.165, 1.54) is 0 Å². The van der Waals surface area contributed by atoms with E-state index in [1.807, 2.05) is 44.3 Å². The van der Waals surface area contributed by atoms with E-state index in [9.17, 15) is 0 Å². The van der Waals surface area contributed by atoms with Crippen molar-refractivity contribution in [3.63, 3.8) is 0 Å². The number of rotatable bonds is 7. The Morgan fingerprint density at radius 2 is 1.95 bits per heavy atom. The molecular formula is C15H22ClN3O2. The Morgan fingerprint density at radius 3 is 2.62 bits per heavy atom. The summed E-state index contributed by atoms with van der Waals surface area (Å²) in [5, 5.41) is 7.15. The van der Waals surface area contributed by atoms with Gasteiger partial charge in [-0.2, -0.15) is 4.98 Å². The Morgan fingerprint density at radius 1 is 1.24 bits per heavy atom. The molecule has 2 rings (SSSR count). The van der Waals surface area contributed by atoms with Crippen molar-refractivity contribution in [3.05, 3.63) is 42.0 Å². The smallest absolute Gasteiger partial charge is 0.232 e. The molecule has 2 atom stereocenters. The lowest BCUT2D eigenvalue weighted by molar-refractivity contribution is 0.260. The Balaban J connectivity index is 0.00000220. The van der Waals surface area contributed by atoms with Gasteiger partial charge >= 0.3 is 0 Å². The lowest BCUT2D eigenvalue weighted by Crippen LogP contribution is -2.24. The lowest BCUT2D eigenvalue weighted by Gasteiger charge is -2.09. The first-order valence-electron chi connectivity index (χ1n) is 6.86. The molecule has 6 heteroatoms. The van der Waals surface area contributed by atoms with Crippen molar-refractivity contribution in [3.8, 4) is 5.75 Å². The van der Waals surface area contributed by atoms with Crippen LogP contribution in [0.5, 0.6) is 5.75 Å². The number of ether oxygens (including phenoxy) is 1. The van der Waals surface area contributed by atoms with Crippen LogP contribution in [0.1, 0.15) is 31.5 Å². The molecule has 21 heavy (non-hydrogen) atoms. The molecule has 116 valence electrons. The van der Waals surface area contributed by atoms with E-state index in [0.29, 0.717) is 18.5 Å². The number of nitrogens with zero attached hydrogens (tertiary/aromatic N) is 2. The summed E-state index contributed by atoms with van der Waals surface area (Å²) in [6.45, 7) is 4.62. The number of hydrogen-bond donors (Lipinski definition) is 1. The normalized spacial score (nSPS) is 13.3. The second-order valence-electron chi connectivity index (χ2n) is 4.97. The molecule has 0 saturated carbocycles. The molecule has 0 aliphatic heterocycles. The zero-order valence-electron chi connectivity index (χ0n) is 12.6. The van der Waals surface area contributed by atoms with Crippen LogP contribution in [-0.4, -0.2) is 29.8 Å². The third-order valence-corrected chi connectivity index (χ3v) is 3.13. The van der Waals surface area contributed by atoms with Gasteiger partial charge in [-0.3, -0.25) is 0 Å². The summed E-state index contributed by atoms with van der Waals surface area (Å²) < 4.78 is 11.0. The Bertz CT molecular complexity index is 519. The monoisotopic (exact) mass is 311 g/mol. The van der Waals surface area contributed by atoms with E-state index in [2.05, 4.69) is 22.4 Å². The second kappa shape index (κ2) is 8.64. The van der Waals surface area contributed by atoms with E-state index in [4.69, 9.17) is 9.26 Å². The second-order valence-corrected chi connectivity index (χ2v) is 4.97. The molecule has 0 spiro atoms. The number of hydrogen-bond acceptors (Lipinski definition) is 5. The highest BCUT2D eigenvalue weighted by molar-refractivity contribution is 5.85. The van der Waals surface area contributed by atoms with Crippen molar-refractivity contribution in [1.29, 1.82) is 0 Å². The molecule has 1 aromatic heterocycles. The third kappa shape index (κ3) is 5.36. The molecule has 1 heterocycles. The van der Waals surface area contributed by atoms with Gasteiger partial charge in [-0.15, -0.1) is 12.4 Å². The Hall–Kier alpha value is -1.59. The largest absolute Gasteiger partial charge is 0.493 e. The highest BCUT2D eigenvalue weighted by Crippen LogP contribution is 2.16. The quantitative estimate of drug-likeness (QED) is 0.852. The first-order valence-corrected chi connectivity index (χ1v) is 6.86. The van der Waals surface area contributed by atoms with Crippen molar-refractivity contribution < 1.29 is 9.26 Å². The molecule has 1 aromatic carbocycles. The molecule has 0 radical (unpaired) electrons. The van der Waals surface area contributed by atoms with E-state index in [0.717, 1.165) is 18.0 Å². The van der Waals surface area contributed by atoms with Crippen molar-refractivity contribution in [2.75, 3.05) is 13.7 Å². The molecule has 5 nitrogen and oxygen atoms in total. The Labute approximate surface area is 131 Å². The van der Waals surface area contributed by atoms with Crippen LogP contribution in [0.4, 0.5) is 0 Å². The van der Waals surface area contributed by atoms with E-state index in [-0.39, 0.29) is 18.3 Å². The van der Waals surface area contributed by atoms with Gasteiger partial charge in [0.25, 0.3) is 0 Å². The molecular weight excluding hydrogens is 290 g/mol. The summed E-state index contributed by atoms with van der Waals surface area (Å²) in [6, 6.07) is 10.1. The first kappa shape index (κ1) is 17.5. The predicted octanol–water partition coefficient (Wildman–Crippen LogP) is 2.82. The Kier molecular flexibility index (Phi) is 7.19. The fourth-order valence-corrected chi connectivity index (χ4v) is 1.74. The highest BCUT2D eigenvalue weighted by Gasteiger charge is 2.16. The van der Waals surface area contributed by atoms with Gasteiger partial charge in [0.15, 0.2) is 5.82 Å². The lowest BCUT2D eigenvalue weighted by atomic mass is 10.2. The number of likely N-dealkylation sites (N-methyl/N-ethyl adjacent to an activating group) is 1. The molecule has 0 amide bonds. The summed E-state index contributed by atoms with van der Waals surface area (Å²) in [7, 11) is 1.92. The predicted molar refractivity (Wildman–Crippen MR) is 84.1 cm³/mol. The van der Waals surface area contributed by atoms with Crippen molar-refractivity contribution in [2.24, 2.45) is 0 Å². The fourth-order valence-electron chi connectivity index (χ4n) is 1.74. The van der Waals surface area contributed by atoms with Crippen LogP contribution >= 0.6 is 12.4 Å². The number of benzene rings is 1. The molecule has 2 unspecified atom stereocenters. The van der Waals surface area contributed by atoms with Crippen LogP contribution in [0.3, 0.4) is 0 Å². The minimum Gasteiger partial charge on any atom is -0.493 e. The van der Waals surface area contributed by atoms with Crippen LogP contribution in [-0.2, 0) is 6.42 Å². The highest BCUT2D eigenvalue weighted by atomic mass is 35.5. The molecule has 0 saturated heterocycles. The summed E-state index contributed by atoms with van der Waals surface area (Å²) in [6.07, 6.45) is 0.756. The van der Waals surface area contributed by atoms with Crippen molar-refractivity contribution in [2.45, 2.75) is 32.2 Å². The van der Waals surface area contributed by atoms with Gasteiger partial charge < -0.3 is 14.6 Å². The minimum absolute atomic E-state index is 0. The SMILES string of the molecule is CNC(C)Cc1noc(C(C)COc2ccccc2)n1.Cl. The average molecular weight is 312 g/mol. The standard InChI is InChI=1S/C15H21N3O2.ClH/c1-11(10-19-13-7-5-4-6-8-13)15-17-14(18-20-15)9-12(2)16-3;/h4-8,11-12,16H,9-10H2,1-3H3;1H. The van der Waals surface area contributed by atoms with Gasteiger partial charge in [0, 0.05) is 12.5 Å². The van der Waals surface area contributed by atoms with Gasteiger partial charge in [0.2, 0.25) is 5.89 Å². The van der Waals surface area contributed by atoms with Crippen LogP contribution in [0.15, 0.2) is 34.9 Å². The zero-order chi connectivity index (χ0) is 14.4. The molecule has 2 aromatic rings. The number of halogens is 1. The maximum absolute atomic E-state index is 5.69. The van der Waals surface area contributed by atoms with Crippen molar-refractivity contribution in [1.82, 2.24) is 15.5 Å². The summed E-state index contributed by atoms with van der Waals surface area (Å²) in [5.74, 6) is 2.27. The summed E-state index contributed by atoms with van der Waals surface area (Å²) in [4.78, 5) is 4.41. The van der Waals surface area contributed by atoms with Crippen LogP contribution < -0.4 is 10.1 Å². The van der Waals surface area contributed by atoms with Gasteiger partial charge in [-0.05, 0) is 26.1 Å². The molecule has 0 fully saturated rings. The summed E-state index contributed by atoms with van der Waals surface area (Å²) in [5.41, 5.74) is 0. The molecule has 0 aliphatic rings. The third-order valence-electron chi connectivity index (χ3n) is 3.13. The van der Waals surface area contributed by atoms with Crippen molar-refractivity contribution >= 4 is 12.4 Å². The van der Waals surface area contributed by atoms with Gasteiger partial charge in [-0.1, -0.05) is 30.3 Å². The number of para-hydroxylation sites is 1. The topological polar surface area (TPSA) is 60.2 Å². The molecule has 0 aliphatic carbocycles. The van der Waals surface area contributed by atoms with E-state index in [1.54, 1.807) is 0 Å². The molecule has 1 N–H and O–H groups in total. The van der Waals surface area contributed by atoms with Gasteiger partial charge in [-0.25, -0.2) is 0 Å². The van der Waals surface area contributed by atoms with Crippen LogP contribution in [0.25, 0.3) is 0 Å². The van der Waals surface area contributed by atoms with Gasteiger partial charge in [0.1, 0.15) is 5.75 Å². The maximum Gasteiger partial charge on any atom is 0.232 e. The number of aromatic nitrogens is 2. The van der Waals surface area contributed by atoms with Crippen LogP contribution in [0, 0.1) is 0 Å². The molecule has 0 bridgehead atoms. The fraction of sp³-hybridized carbons (Fsp3) is 0.467. The summed E-state index contributed by atoms with van der Waals surface area (Å²) >= 11 is 0. The minimum atomic E-state index is 0. The van der Waals surface area contributed by atoms with E-state index < -0.39 is 0 Å². The number of nitrogens with one attached hydrogen (secondary N) is 1. The average Bonchev–Trinajstić information content (AvgIpc) is 2.94.